The molecule has 1 aliphatic rings. The summed E-state index contributed by atoms with van der Waals surface area (Å²) in [5, 5.41) is 0. The summed E-state index contributed by atoms with van der Waals surface area (Å²) < 4.78 is 8.20. The predicted molar refractivity (Wildman–Crippen MR) is 129 cm³/mol. The highest BCUT2D eigenvalue weighted by Gasteiger charge is 2.15. The van der Waals surface area contributed by atoms with Crippen LogP contribution in [0.1, 0.15) is 31.2 Å². The third kappa shape index (κ3) is 4.53. The van der Waals surface area contributed by atoms with Crippen LogP contribution in [-0.4, -0.2) is 45.7 Å². The molecule has 0 aliphatic carbocycles. The molecule has 0 spiro atoms. The van der Waals surface area contributed by atoms with Gasteiger partial charge in [0.05, 0.1) is 17.6 Å². The lowest BCUT2D eigenvalue weighted by Gasteiger charge is -2.26. The Hall–Kier alpha value is -3.18. The maximum absolute atomic E-state index is 6.02. The van der Waals surface area contributed by atoms with Crippen LogP contribution in [-0.2, 0) is 0 Å². The van der Waals surface area contributed by atoms with Crippen molar-refractivity contribution in [1.82, 2.24) is 19.4 Å². The molecule has 2 aromatic heterocycles. The van der Waals surface area contributed by atoms with E-state index in [0.29, 0.717) is 0 Å². The molecule has 2 aromatic carbocycles. The maximum Gasteiger partial charge on any atom is 0.164 e. The normalized spacial score (nSPS) is 14.7. The van der Waals surface area contributed by atoms with Crippen molar-refractivity contribution in [3.8, 4) is 23.0 Å². The molecule has 0 saturated carbocycles. The number of benzene rings is 2. The topological polar surface area (TPSA) is 43.2 Å². The number of nitrogens with zero attached hydrogens (tertiary/aromatic N) is 4. The van der Waals surface area contributed by atoms with Crippen LogP contribution in [0.25, 0.3) is 28.2 Å². The molecule has 164 valence electrons. The van der Waals surface area contributed by atoms with Crippen LogP contribution in [0.3, 0.4) is 0 Å². The van der Waals surface area contributed by atoms with E-state index in [-0.39, 0.29) is 0 Å². The number of ether oxygens (including phenoxy) is 1. The lowest BCUT2D eigenvalue weighted by molar-refractivity contribution is 0.205. The van der Waals surface area contributed by atoms with Gasteiger partial charge >= 0.3 is 0 Å². The summed E-state index contributed by atoms with van der Waals surface area (Å²) in [7, 11) is 0. The maximum atomic E-state index is 6.02. The largest absolute Gasteiger partial charge is 0.494 e. The number of aromatic nitrogens is 3. The number of pyridine rings is 1. The Morgan fingerprint density at radius 3 is 2.56 bits per heavy atom. The summed E-state index contributed by atoms with van der Waals surface area (Å²) in [5.41, 5.74) is 5.16. The van der Waals surface area contributed by atoms with E-state index < -0.39 is 0 Å². The van der Waals surface area contributed by atoms with E-state index in [4.69, 9.17) is 9.72 Å². The first-order chi connectivity index (χ1) is 15.8. The van der Waals surface area contributed by atoms with Gasteiger partial charge in [0.2, 0.25) is 0 Å². The number of likely N-dealkylation sites (tertiary alicyclic amines) is 1. The Bertz CT molecular complexity index is 1160. The molecule has 1 saturated heterocycles. The Labute approximate surface area is 189 Å². The van der Waals surface area contributed by atoms with E-state index in [1.807, 2.05) is 24.4 Å². The molecule has 0 amide bonds. The smallest absolute Gasteiger partial charge is 0.164 e. The van der Waals surface area contributed by atoms with Crippen molar-refractivity contribution >= 4 is 11.0 Å². The van der Waals surface area contributed by atoms with Gasteiger partial charge in [-0.05, 0) is 93.4 Å². The molecule has 5 heteroatoms. The molecule has 0 unspecified atom stereocenters. The zero-order valence-electron chi connectivity index (χ0n) is 18.7. The highest BCUT2D eigenvalue weighted by Crippen LogP contribution is 2.29. The van der Waals surface area contributed by atoms with Gasteiger partial charge in [-0.3, -0.25) is 9.55 Å². The van der Waals surface area contributed by atoms with Gasteiger partial charge in [0.25, 0.3) is 0 Å². The van der Waals surface area contributed by atoms with Gasteiger partial charge in [-0.1, -0.05) is 18.6 Å². The van der Waals surface area contributed by atoms with Crippen LogP contribution in [0.2, 0.25) is 0 Å². The fourth-order valence-electron chi connectivity index (χ4n) is 4.47. The number of hydrogen-bond acceptors (Lipinski definition) is 4. The van der Waals surface area contributed by atoms with Gasteiger partial charge in [-0.15, -0.1) is 0 Å². The fourth-order valence-corrected chi connectivity index (χ4v) is 4.47. The van der Waals surface area contributed by atoms with E-state index in [9.17, 15) is 0 Å². The minimum Gasteiger partial charge on any atom is -0.494 e. The summed E-state index contributed by atoms with van der Waals surface area (Å²) in [6.07, 6.45) is 6.94. The monoisotopic (exact) mass is 426 g/mol. The first-order valence-corrected chi connectivity index (χ1v) is 11.6. The van der Waals surface area contributed by atoms with Crippen molar-refractivity contribution in [3.63, 3.8) is 0 Å². The lowest BCUT2D eigenvalue weighted by Crippen LogP contribution is -2.31. The highest BCUT2D eigenvalue weighted by atomic mass is 16.5. The SMILES string of the molecule is Cc1ccc2c(c1)nc(-c1ccccn1)n2-c1ccc(OCCCN2CCCCC2)cc1. The molecule has 0 bridgehead atoms. The molecule has 5 rings (SSSR count). The Morgan fingerprint density at radius 1 is 0.938 bits per heavy atom. The van der Waals surface area contributed by atoms with Crippen molar-refractivity contribution in [1.29, 1.82) is 0 Å². The number of rotatable bonds is 7. The first kappa shape index (κ1) is 20.7. The van der Waals surface area contributed by atoms with Crippen LogP contribution < -0.4 is 4.74 Å². The minimum atomic E-state index is 0.752. The zero-order valence-corrected chi connectivity index (χ0v) is 18.7. The number of hydrogen-bond donors (Lipinski definition) is 0. The molecule has 3 heterocycles. The van der Waals surface area contributed by atoms with Crippen LogP contribution >= 0.6 is 0 Å². The average Bonchev–Trinajstić information content (AvgIpc) is 3.22. The van der Waals surface area contributed by atoms with Crippen molar-refractivity contribution in [3.05, 3.63) is 72.4 Å². The molecular weight excluding hydrogens is 396 g/mol. The summed E-state index contributed by atoms with van der Waals surface area (Å²) in [6.45, 7) is 6.46. The van der Waals surface area contributed by atoms with Gasteiger partial charge in [0.15, 0.2) is 5.82 Å². The van der Waals surface area contributed by atoms with Crippen molar-refractivity contribution < 1.29 is 4.74 Å². The van der Waals surface area contributed by atoms with Gasteiger partial charge in [-0.2, -0.15) is 0 Å². The van der Waals surface area contributed by atoms with Crippen LogP contribution in [0.15, 0.2) is 66.9 Å². The van der Waals surface area contributed by atoms with Gasteiger partial charge in [0, 0.05) is 18.4 Å². The Kier molecular flexibility index (Phi) is 6.17. The highest BCUT2D eigenvalue weighted by molar-refractivity contribution is 5.83. The molecular formula is C27H30N4O. The van der Waals surface area contributed by atoms with Gasteiger partial charge < -0.3 is 9.64 Å². The molecule has 5 nitrogen and oxygen atoms in total. The molecule has 0 atom stereocenters. The molecule has 0 radical (unpaired) electrons. The Balaban J connectivity index is 1.34. The summed E-state index contributed by atoms with van der Waals surface area (Å²) in [6, 6.07) is 20.6. The van der Waals surface area contributed by atoms with Crippen molar-refractivity contribution in [2.45, 2.75) is 32.6 Å². The van der Waals surface area contributed by atoms with Crippen LogP contribution in [0.5, 0.6) is 5.75 Å². The Morgan fingerprint density at radius 2 is 1.78 bits per heavy atom. The second kappa shape index (κ2) is 9.53. The number of piperidine rings is 1. The van der Waals surface area contributed by atoms with Gasteiger partial charge in [0.1, 0.15) is 11.4 Å². The predicted octanol–water partition coefficient (Wildman–Crippen LogP) is 5.65. The van der Waals surface area contributed by atoms with Gasteiger partial charge in [-0.25, -0.2) is 4.98 Å². The lowest BCUT2D eigenvalue weighted by atomic mass is 10.1. The second-order valence-electron chi connectivity index (χ2n) is 8.58. The van der Waals surface area contributed by atoms with Crippen LogP contribution in [0.4, 0.5) is 0 Å². The molecule has 4 aromatic rings. The minimum absolute atomic E-state index is 0.752. The quantitative estimate of drug-likeness (QED) is 0.358. The van der Waals surface area contributed by atoms with E-state index in [1.165, 1.54) is 37.9 Å². The number of imidazole rings is 1. The zero-order chi connectivity index (χ0) is 21.8. The molecule has 1 fully saturated rings. The van der Waals surface area contributed by atoms with Crippen molar-refractivity contribution in [2.75, 3.05) is 26.2 Å². The third-order valence-electron chi connectivity index (χ3n) is 6.13. The second-order valence-corrected chi connectivity index (χ2v) is 8.58. The molecule has 0 N–H and O–H groups in total. The van der Waals surface area contributed by atoms with E-state index >= 15 is 0 Å². The standard InChI is InChI=1S/C27H30N4O/c1-21-9-14-26-25(20-21)29-27(24-8-3-4-15-28-24)31(26)22-10-12-23(13-11-22)32-19-7-18-30-16-5-2-6-17-30/h3-4,8-15,20H,2,5-7,16-19H2,1H3. The third-order valence-corrected chi connectivity index (χ3v) is 6.13. The van der Waals surface area contributed by atoms with Crippen LogP contribution in [0, 0.1) is 6.92 Å². The van der Waals surface area contributed by atoms with E-state index in [2.05, 4.69) is 63.8 Å². The fraction of sp³-hybridized carbons (Fsp3) is 0.333. The van der Waals surface area contributed by atoms with E-state index in [1.54, 1.807) is 0 Å². The molecule has 1 aliphatic heterocycles. The number of fused-ring (bicyclic) bond motifs is 1. The van der Waals surface area contributed by atoms with Crippen molar-refractivity contribution in [2.24, 2.45) is 0 Å². The average molecular weight is 427 g/mol. The summed E-state index contributed by atoms with van der Waals surface area (Å²) in [5.74, 6) is 1.76. The first-order valence-electron chi connectivity index (χ1n) is 11.6. The summed E-state index contributed by atoms with van der Waals surface area (Å²) >= 11 is 0. The van der Waals surface area contributed by atoms with E-state index in [0.717, 1.165) is 53.6 Å². The summed E-state index contributed by atoms with van der Waals surface area (Å²) in [4.78, 5) is 12.0. The molecule has 32 heavy (non-hydrogen) atoms. The number of aryl methyl sites for hydroxylation is 1.